The van der Waals surface area contributed by atoms with Gasteiger partial charge in [-0.1, -0.05) is 60.7 Å². The minimum absolute atomic E-state index is 0.349. The minimum Gasteiger partial charge on any atom is -0.492 e. The summed E-state index contributed by atoms with van der Waals surface area (Å²) in [4.78, 5) is 0. The fourth-order valence-corrected chi connectivity index (χ4v) is 2.97. The van der Waals surface area contributed by atoms with Crippen molar-refractivity contribution < 1.29 is 4.74 Å². The van der Waals surface area contributed by atoms with E-state index in [2.05, 4.69) is 66.7 Å². The summed E-state index contributed by atoms with van der Waals surface area (Å²) in [6.45, 7) is 0.743. The highest BCUT2D eigenvalue weighted by Crippen LogP contribution is 2.42. The van der Waals surface area contributed by atoms with Gasteiger partial charge in [0.2, 0.25) is 0 Å². The zero-order chi connectivity index (χ0) is 12.7. The molecule has 0 spiro atoms. The number of hydrogen-bond donors (Lipinski definition) is 0. The van der Waals surface area contributed by atoms with E-state index < -0.39 is 0 Å². The SMILES string of the molecule is c1ccc(C2COc3ccc4ccccc4c32)cc1. The van der Waals surface area contributed by atoms with Crippen molar-refractivity contribution in [3.63, 3.8) is 0 Å². The third-order valence-electron chi connectivity index (χ3n) is 3.89. The Bertz CT molecular complexity index is 731. The molecule has 0 amide bonds. The van der Waals surface area contributed by atoms with Gasteiger partial charge < -0.3 is 4.74 Å². The van der Waals surface area contributed by atoms with Gasteiger partial charge >= 0.3 is 0 Å². The molecule has 1 unspecified atom stereocenters. The van der Waals surface area contributed by atoms with Crippen molar-refractivity contribution in [1.82, 2.24) is 0 Å². The van der Waals surface area contributed by atoms with Crippen LogP contribution in [-0.4, -0.2) is 6.61 Å². The minimum atomic E-state index is 0.349. The largest absolute Gasteiger partial charge is 0.492 e. The van der Waals surface area contributed by atoms with Gasteiger partial charge in [0.1, 0.15) is 5.75 Å². The quantitative estimate of drug-likeness (QED) is 0.619. The number of benzene rings is 3. The fourth-order valence-electron chi connectivity index (χ4n) is 2.97. The number of hydrogen-bond acceptors (Lipinski definition) is 1. The molecule has 0 saturated heterocycles. The molecule has 1 heterocycles. The first-order valence-electron chi connectivity index (χ1n) is 6.63. The molecule has 1 nitrogen and oxygen atoms in total. The summed E-state index contributed by atoms with van der Waals surface area (Å²) in [6.07, 6.45) is 0. The lowest BCUT2D eigenvalue weighted by atomic mass is 9.89. The summed E-state index contributed by atoms with van der Waals surface area (Å²) >= 11 is 0. The molecule has 0 fully saturated rings. The highest BCUT2D eigenvalue weighted by Gasteiger charge is 2.27. The molecule has 1 aliphatic rings. The van der Waals surface area contributed by atoms with Crippen molar-refractivity contribution in [1.29, 1.82) is 0 Å². The van der Waals surface area contributed by atoms with Gasteiger partial charge in [-0.05, 0) is 22.4 Å². The van der Waals surface area contributed by atoms with Crippen molar-refractivity contribution in [2.24, 2.45) is 0 Å². The highest BCUT2D eigenvalue weighted by atomic mass is 16.5. The monoisotopic (exact) mass is 246 g/mol. The van der Waals surface area contributed by atoms with Crippen molar-refractivity contribution >= 4 is 10.8 Å². The van der Waals surface area contributed by atoms with E-state index in [1.807, 2.05) is 0 Å². The lowest BCUT2D eigenvalue weighted by Gasteiger charge is -2.11. The summed E-state index contributed by atoms with van der Waals surface area (Å²) in [6, 6.07) is 23.4. The zero-order valence-corrected chi connectivity index (χ0v) is 10.5. The molecule has 0 saturated carbocycles. The van der Waals surface area contributed by atoms with E-state index >= 15 is 0 Å². The molecule has 0 radical (unpaired) electrons. The van der Waals surface area contributed by atoms with Crippen LogP contribution in [0.3, 0.4) is 0 Å². The second kappa shape index (κ2) is 4.13. The van der Waals surface area contributed by atoms with Gasteiger partial charge in [0.05, 0.1) is 6.61 Å². The van der Waals surface area contributed by atoms with Crippen LogP contribution < -0.4 is 4.74 Å². The van der Waals surface area contributed by atoms with Crippen LogP contribution in [0.2, 0.25) is 0 Å². The average Bonchev–Trinajstić information content (AvgIpc) is 2.92. The van der Waals surface area contributed by atoms with E-state index in [1.165, 1.54) is 21.9 Å². The molecule has 1 aliphatic heterocycles. The van der Waals surface area contributed by atoms with Crippen LogP contribution in [0.25, 0.3) is 10.8 Å². The van der Waals surface area contributed by atoms with Gasteiger partial charge in [-0.15, -0.1) is 0 Å². The first-order chi connectivity index (χ1) is 9.43. The lowest BCUT2D eigenvalue weighted by molar-refractivity contribution is 0.343. The third-order valence-corrected chi connectivity index (χ3v) is 3.89. The average molecular weight is 246 g/mol. The Kier molecular flexibility index (Phi) is 2.31. The predicted molar refractivity (Wildman–Crippen MR) is 77.7 cm³/mol. The van der Waals surface area contributed by atoms with E-state index in [0.717, 1.165) is 12.4 Å². The Morgan fingerprint density at radius 3 is 2.47 bits per heavy atom. The topological polar surface area (TPSA) is 9.23 Å². The van der Waals surface area contributed by atoms with E-state index in [9.17, 15) is 0 Å². The fraction of sp³-hybridized carbons (Fsp3) is 0.111. The third kappa shape index (κ3) is 1.62. The molecule has 1 atom stereocenters. The summed E-state index contributed by atoms with van der Waals surface area (Å²) in [5.74, 6) is 1.38. The van der Waals surface area contributed by atoms with Gasteiger partial charge in [0, 0.05) is 11.5 Å². The van der Waals surface area contributed by atoms with Gasteiger partial charge in [-0.2, -0.15) is 0 Å². The maximum Gasteiger partial charge on any atom is 0.123 e. The zero-order valence-electron chi connectivity index (χ0n) is 10.5. The first kappa shape index (κ1) is 10.6. The number of ether oxygens (including phenoxy) is 1. The Hall–Kier alpha value is -2.28. The normalized spacial score (nSPS) is 17.2. The smallest absolute Gasteiger partial charge is 0.123 e. The van der Waals surface area contributed by atoms with Gasteiger partial charge in [0.25, 0.3) is 0 Å². The van der Waals surface area contributed by atoms with Crippen LogP contribution >= 0.6 is 0 Å². The molecule has 0 aromatic heterocycles. The Balaban J connectivity index is 1.97. The molecule has 19 heavy (non-hydrogen) atoms. The molecule has 1 heteroatoms. The predicted octanol–water partition coefficient (Wildman–Crippen LogP) is 4.36. The highest BCUT2D eigenvalue weighted by molar-refractivity contribution is 5.89. The molecule has 92 valence electrons. The van der Waals surface area contributed by atoms with Gasteiger partial charge in [-0.25, -0.2) is 0 Å². The standard InChI is InChI=1S/C18H14O/c1-2-6-13(7-3-1)16-12-19-17-11-10-14-8-4-5-9-15(14)18(16)17/h1-11,16H,12H2. The van der Waals surface area contributed by atoms with E-state index in [0.29, 0.717) is 5.92 Å². The van der Waals surface area contributed by atoms with Crippen LogP contribution in [-0.2, 0) is 0 Å². The summed E-state index contributed by atoms with van der Waals surface area (Å²) < 4.78 is 5.87. The Labute approximate surface area is 112 Å². The van der Waals surface area contributed by atoms with Crippen molar-refractivity contribution in [2.75, 3.05) is 6.61 Å². The molecule has 3 aromatic rings. The summed E-state index contributed by atoms with van der Waals surface area (Å²) in [5.41, 5.74) is 2.67. The Morgan fingerprint density at radius 2 is 1.58 bits per heavy atom. The van der Waals surface area contributed by atoms with Crippen LogP contribution in [0.5, 0.6) is 5.75 Å². The molecular weight excluding hydrogens is 232 g/mol. The first-order valence-corrected chi connectivity index (χ1v) is 6.63. The van der Waals surface area contributed by atoms with E-state index in [1.54, 1.807) is 0 Å². The van der Waals surface area contributed by atoms with Gasteiger partial charge in [-0.3, -0.25) is 0 Å². The van der Waals surface area contributed by atoms with Crippen molar-refractivity contribution in [2.45, 2.75) is 5.92 Å². The van der Waals surface area contributed by atoms with Gasteiger partial charge in [0.15, 0.2) is 0 Å². The maximum atomic E-state index is 5.87. The van der Waals surface area contributed by atoms with E-state index in [4.69, 9.17) is 4.74 Å². The number of fused-ring (bicyclic) bond motifs is 3. The Morgan fingerprint density at radius 1 is 0.789 bits per heavy atom. The van der Waals surface area contributed by atoms with Crippen LogP contribution in [0.15, 0.2) is 66.7 Å². The molecule has 0 N–H and O–H groups in total. The molecule has 4 rings (SSSR count). The second-order valence-electron chi connectivity index (χ2n) is 4.97. The molecule has 0 aliphatic carbocycles. The van der Waals surface area contributed by atoms with Crippen LogP contribution in [0, 0.1) is 0 Å². The summed E-state index contributed by atoms with van der Waals surface area (Å²) in [5, 5.41) is 2.60. The van der Waals surface area contributed by atoms with Crippen molar-refractivity contribution in [3.8, 4) is 5.75 Å². The molecule has 3 aromatic carbocycles. The summed E-state index contributed by atoms with van der Waals surface area (Å²) in [7, 11) is 0. The van der Waals surface area contributed by atoms with E-state index in [-0.39, 0.29) is 0 Å². The molecule has 0 bridgehead atoms. The van der Waals surface area contributed by atoms with Crippen molar-refractivity contribution in [3.05, 3.63) is 77.9 Å². The van der Waals surface area contributed by atoms with Crippen LogP contribution in [0.1, 0.15) is 17.0 Å². The maximum absolute atomic E-state index is 5.87. The molecular formula is C18H14O. The number of rotatable bonds is 1. The lowest BCUT2D eigenvalue weighted by Crippen LogP contribution is -2.02. The van der Waals surface area contributed by atoms with Crippen LogP contribution in [0.4, 0.5) is 0 Å². The second-order valence-corrected chi connectivity index (χ2v) is 4.97.